The molecule has 21 heavy (non-hydrogen) atoms. The van der Waals surface area contributed by atoms with E-state index in [4.69, 9.17) is 9.15 Å². The van der Waals surface area contributed by atoms with Crippen LogP contribution < -0.4 is 10.4 Å². The number of rotatable bonds is 5. The van der Waals surface area contributed by atoms with Crippen LogP contribution in [-0.2, 0) is 6.42 Å². The normalized spacial score (nSPS) is 14.2. The van der Waals surface area contributed by atoms with Crippen LogP contribution in [0.25, 0.3) is 11.0 Å². The Morgan fingerprint density at radius 1 is 1.29 bits per heavy atom. The lowest BCUT2D eigenvalue weighted by Crippen LogP contribution is -2.03. The van der Waals surface area contributed by atoms with E-state index in [1.54, 1.807) is 6.07 Å². The highest BCUT2D eigenvalue weighted by Crippen LogP contribution is 2.33. The molecule has 0 amide bonds. The molecular formula is C18H20O3. The maximum Gasteiger partial charge on any atom is 0.336 e. The van der Waals surface area contributed by atoms with Gasteiger partial charge in [0.05, 0.1) is 6.61 Å². The summed E-state index contributed by atoms with van der Waals surface area (Å²) in [5.41, 5.74) is 2.53. The molecular weight excluding hydrogens is 264 g/mol. The Morgan fingerprint density at radius 3 is 2.76 bits per heavy atom. The topological polar surface area (TPSA) is 39.4 Å². The summed E-state index contributed by atoms with van der Waals surface area (Å²) in [5, 5.41) is 0.936. The molecule has 0 unspecified atom stereocenters. The van der Waals surface area contributed by atoms with Crippen molar-refractivity contribution >= 4 is 11.0 Å². The van der Waals surface area contributed by atoms with Gasteiger partial charge < -0.3 is 9.15 Å². The third kappa shape index (κ3) is 3.35. The van der Waals surface area contributed by atoms with Crippen molar-refractivity contribution in [1.82, 2.24) is 0 Å². The lowest BCUT2D eigenvalue weighted by molar-refractivity contribution is 0.297. The molecule has 1 aromatic heterocycles. The molecule has 0 atom stereocenters. The van der Waals surface area contributed by atoms with Crippen molar-refractivity contribution in [2.75, 3.05) is 6.61 Å². The molecule has 0 aliphatic heterocycles. The Kier molecular flexibility index (Phi) is 3.82. The summed E-state index contributed by atoms with van der Waals surface area (Å²) >= 11 is 0. The fourth-order valence-corrected chi connectivity index (χ4v) is 2.30. The zero-order valence-corrected chi connectivity index (χ0v) is 12.5. The van der Waals surface area contributed by atoms with E-state index >= 15 is 0 Å². The standard InChI is InChI=1S/C18H20O3/c1-12(2)3-8-15-16(20-11-13-4-5-13)9-6-14-7-10-17(19)21-18(14)15/h3,6-7,9-10,13H,4-5,8,11H2,1-2H3. The van der Waals surface area contributed by atoms with Crippen molar-refractivity contribution < 1.29 is 9.15 Å². The second-order valence-electron chi connectivity index (χ2n) is 5.96. The number of hydrogen-bond acceptors (Lipinski definition) is 3. The zero-order valence-electron chi connectivity index (χ0n) is 12.5. The Balaban J connectivity index is 2.04. The first-order valence-corrected chi connectivity index (χ1v) is 7.45. The van der Waals surface area contributed by atoms with Crippen molar-refractivity contribution in [3.8, 4) is 5.75 Å². The first-order chi connectivity index (χ1) is 10.1. The van der Waals surface area contributed by atoms with Crippen molar-refractivity contribution in [3.05, 3.63) is 51.9 Å². The van der Waals surface area contributed by atoms with E-state index in [2.05, 4.69) is 19.9 Å². The summed E-state index contributed by atoms with van der Waals surface area (Å²) in [5.74, 6) is 1.53. The minimum atomic E-state index is -0.319. The molecule has 1 aliphatic rings. The van der Waals surface area contributed by atoms with Gasteiger partial charge in [-0.05, 0) is 57.2 Å². The van der Waals surface area contributed by atoms with Crippen LogP contribution in [0.5, 0.6) is 5.75 Å². The zero-order chi connectivity index (χ0) is 14.8. The molecule has 1 saturated carbocycles. The van der Waals surface area contributed by atoms with E-state index in [9.17, 15) is 4.79 Å². The van der Waals surface area contributed by atoms with E-state index < -0.39 is 0 Å². The quantitative estimate of drug-likeness (QED) is 0.613. The van der Waals surface area contributed by atoms with Gasteiger partial charge >= 0.3 is 5.63 Å². The van der Waals surface area contributed by atoms with Gasteiger partial charge in [0.25, 0.3) is 0 Å². The smallest absolute Gasteiger partial charge is 0.336 e. The van der Waals surface area contributed by atoms with Gasteiger partial charge in [-0.1, -0.05) is 11.6 Å². The lowest BCUT2D eigenvalue weighted by atomic mass is 10.1. The number of allylic oxidation sites excluding steroid dienone is 2. The number of fused-ring (bicyclic) bond motifs is 1. The minimum Gasteiger partial charge on any atom is -0.493 e. The second-order valence-corrected chi connectivity index (χ2v) is 5.96. The van der Waals surface area contributed by atoms with Crippen molar-refractivity contribution in [2.24, 2.45) is 5.92 Å². The average molecular weight is 284 g/mol. The summed E-state index contributed by atoms with van der Waals surface area (Å²) in [7, 11) is 0. The summed E-state index contributed by atoms with van der Waals surface area (Å²) < 4.78 is 11.4. The van der Waals surface area contributed by atoms with Crippen LogP contribution in [0.2, 0.25) is 0 Å². The highest BCUT2D eigenvalue weighted by Gasteiger charge is 2.22. The molecule has 0 radical (unpaired) electrons. The van der Waals surface area contributed by atoms with Crippen molar-refractivity contribution in [2.45, 2.75) is 33.1 Å². The van der Waals surface area contributed by atoms with E-state index in [1.165, 1.54) is 24.5 Å². The highest BCUT2D eigenvalue weighted by molar-refractivity contribution is 5.82. The maximum absolute atomic E-state index is 11.5. The Morgan fingerprint density at radius 2 is 2.05 bits per heavy atom. The van der Waals surface area contributed by atoms with Crippen LogP contribution >= 0.6 is 0 Å². The molecule has 2 aromatic rings. The largest absolute Gasteiger partial charge is 0.493 e. The monoisotopic (exact) mass is 284 g/mol. The molecule has 1 aliphatic carbocycles. The average Bonchev–Trinajstić information content (AvgIpc) is 3.27. The first-order valence-electron chi connectivity index (χ1n) is 7.45. The van der Waals surface area contributed by atoms with Crippen LogP contribution in [-0.4, -0.2) is 6.61 Å². The van der Waals surface area contributed by atoms with Crippen LogP contribution in [0.3, 0.4) is 0 Å². The van der Waals surface area contributed by atoms with Gasteiger partial charge in [-0.3, -0.25) is 0 Å². The van der Waals surface area contributed by atoms with Crippen LogP contribution in [0.1, 0.15) is 32.3 Å². The number of benzene rings is 1. The predicted molar refractivity (Wildman–Crippen MR) is 83.8 cm³/mol. The molecule has 0 bridgehead atoms. The number of ether oxygens (including phenoxy) is 1. The SMILES string of the molecule is CC(C)=CCc1c(OCC2CC2)ccc2ccc(=O)oc12. The third-order valence-electron chi connectivity index (χ3n) is 3.74. The third-order valence-corrected chi connectivity index (χ3v) is 3.74. The van der Waals surface area contributed by atoms with E-state index in [0.29, 0.717) is 17.9 Å². The van der Waals surface area contributed by atoms with Crippen molar-refractivity contribution in [1.29, 1.82) is 0 Å². The molecule has 3 nitrogen and oxygen atoms in total. The molecule has 1 aromatic carbocycles. The molecule has 110 valence electrons. The van der Waals surface area contributed by atoms with Gasteiger partial charge in [0.1, 0.15) is 11.3 Å². The second kappa shape index (κ2) is 5.76. The van der Waals surface area contributed by atoms with E-state index in [0.717, 1.165) is 23.3 Å². The van der Waals surface area contributed by atoms with Crippen LogP contribution in [0, 0.1) is 5.92 Å². The summed E-state index contributed by atoms with van der Waals surface area (Å²) in [6, 6.07) is 7.20. The van der Waals surface area contributed by atoms with Crippen LogP contribution in [0.4, 0.5) is 0 Å². The highest BCUT2D eigenvalue weighted by atomic mass is 16.5. The molecule has 0 saturated heterocycles. The lowest BCUT2D eigenvalue weighted by Gasteiger charge is -2.12. The molecule has 0 N–H and O–H groups in total. The van der Waals surface area contributed by atoms with Gasteiger partial charge in [0.15, 0.2) is 0 Å². The molecule has 1 fully saturated rings. The first kappa shape index (κ1) is 13.9. The van der Waals surface area contributed by atoms with Gasteiger partial charge in [0, 0.05) is 17.0 Å². The van der Waals surface area contributed by atoms with Gasteiger partial charge in [-0.15, -0.1) is 0 Å². The molecule has 1 heterocycles. The Hall–Kier alpha value is -2.03. The summed E-state index contributed by atoms with van der Waals surface area (Å²) in [4.78, 5) is 11.5. The van der Waals surface area contributed by atoms with E-state index in [1.807, 2.05) is 12.1 Å². The van der Waals surface area contributed by atoms with Gasteiger partial charge in [-0.2, -0.15) is 0 Å². The molecule has 3 rings (SSSR count). The minimum absolute atomic E-state index is 0.319. The van der Waals surface area contributed by atoms with Crippen LogP contribution in [0.15, 0.2) is 45.1 Å². The predicted octanol–water partition coefficient (Wildman–Crippen LogP) is 4.09. The van der Waals surface area contributed by atoms with Gasteiger partial charge in [0.2, 0.25) is 0 Å². The summed E-state index contributed by atoms with van der Waals surface area (Å²) in [6.07, 6.45) is 5.36. The fourth-order valence-electron chi connectivity index (χ4n) is 2.30. The molecule has 3 heteroatoms. The number of hydrogen-bond donors (Lipinski definition) is 0. The Labute approximate surface area is 124 Å². The fraction of sp³-hybridized carbons (Fsp3) is 0.389. The van der Waals surface area contributed by atoms with E-state index in [-0.39, 0.29) is 5.63 Å². The van der Waals surface area contributed by atoms with Crippen molar-refractivity contribution in [3.63, 3.8) is 0 Å². The summed E-state index contributed by atoms with van der Waals surface area (Å²) in [6.45, 7) is 4.88. The van der Waals surface area contributed by atoms with Gasteiger partial charge in [-0.25, -0.2) is 4.79 Å². The Bertz CT molecular complexity index is 732. The maximum atomic E-state index is 11.5. The molecule has 0 spiro atoms.